The summed E-state index contributed by atoms with van der Waals surface area (Å²) in [6, 6.07) is 1.54. The van der Waals surface area contributed by atoms with Gasteiger partial charge in [-0.2, -0.15) is 9.19 Å². The first-order chi connectivity index (χ1) is 9.03. The smallest absolute Gasteiger partial charge is 0.256 e. The van der Waals surface area contributed by atoms with Crippen LogP contribution in [-0.2, 0) is 14.8 Å². The maximum atomic E-state index is 11.9. The van der Waals surface area contributed by atoms with Gasteiger partial charge in [-0.05, 0) is 6.07 Å². The Balaban J connectivity index is 2.29. The Kier molecular flexibility index (Phi) is 3.76. The van der Waals surface area contributed by atoms with E-state index in [1.807, 2.05) is 0 Å². The summed E-state index contributed by atoms with van der Waals surface area (Å²) < 4.78 is 29.3. The number of aromatic nitrogens is 4. The predicted molar refractivity (Wildman–Crippen MR) is 68.7 cm³/mol. The molecular formula is C10H13N5O3S. The zero-order valence-corrected chi connectivity index (χ0v) is 11.0. The number of nitrogens with zero attached hydrogens (tertiary/aromatic N) is 4. The molecule has 8 nitrogen and oxygen atoms in total. The van der Waals surface area contributed by atoms with Crippen LogP contribution in [0.2, 0.25) is 0 Å². The van der Waals surface area contributed by atoms with E-state index in [9.17, 15) is 8.42 Å². The Morgan fingerprint density at radius 2 is 2.26 bits per heavy atom. The summed E-state index contributed by atoms with van der Waals surface area (Å²) in [5.74, 6) is 0.482. The first-order valence-electron chi connectivity index (χ1n) is 5.38. The zero-order chi connectivity index (χ0) is 13.9. The Hall–Kier alpha value is -2.00. The molecule has 0 aliphatic carbocycles. The molecule has 0 saturated heterocycles. The number of ether oxygens (including phenoxy) is 1. The van der Waals surface area contributed by atoms with Crippen LogP contribution in [0.3, 0.4) is 0 Å². The van der Waals surface area contributed by atoms with E-state index in [1.165, 1.54) is 25.7 Å². The van der Waals surface area contributed by atoms with Crippen LogP contribution < -0.4 is 5.73 Å². The third kappa shape index (κ3) is 3.06. The van der Waals surface area contributed by atoms with Gasteiger partial charge in [0.2, 0.25) is 0 Å². The third-order valence-electron chi connectivity index (χ3n) is 2.33. The Morgan fingerprint density at radius 1 is 1.47 bits per heavy atom. The summed E-state index contributed by atoms with van der Waals surface area (Å²) in [5, 5.41) is 3.80. The number of hydrogen-bond donors (Lipinski definition) is 1. The van der Waals surface area contributed by atoms with Crippen molar-refractivity contribution in [3.63, 3.8) is 0 Å². The second kappa shape index (κ2) is 5.33. The lowest BCUT2D eigenvalue weighted by atomic mass is 10.3. The topological polar surface area (TPSA) is 113 Å². The molecule has 0 aromatic carbocycles. The maximum Gasteiger partial charge on any atom is 0.256 e. The molecule has 0 radical (unpaired) electrons. The van der Waals surface area contributed by atoms with Gasteiger partial charge in [0.25, 0.3) is 10.0 Å². The largest absolute Gasteiger partial charge is 0.384 e. The van der Waals surface area contributed by atoms with Crippen molar-refractivity contribution in [2.24, 2.45) is 0 Å². The minimum Gasteiger partial charge on any atom is -0.384 e. The number of hydrogen-bond acceptors (Lipinski definition) is 7. The zero-order valence-electron chi connectivity index (χ0n) is 10.2. The van der Waals surface area contributed by atoms with E-state index >= 15 is 0 Å². The molecule has 2 N–H and O–H groups in total. The van der Waals surface area contributed by atoms with Crippen molar-refractivity contribution in [2.45, 2.75) is 0 Å². The highest BCUT2D eigenvalue weighted by Gasteiger charge is 2.15. The second-order valence-electron chi connectivity index (χ2n) is 3.72. The molecule has 0 unspecified atom stereocenters. The van der Waals surface area contributed by atoms with Crippen LogP contribution >= 0.6 is 0 Å². The van der Waals surface area contributed by atoms with Crippen LogP contribution in [0.1, 0.15) is 0 Å². The van der Waals surface area contributed by atoms with Crippen LogP contribution in [0.25, 0.3) is 11.4 Å². The third-order valence-corrected chi connectivity index (χ3v) is 3.78. The van der Waals surface area contributed by atoms with E-state index in [0.29, 0.717) is 17.2 Å². The van der Waals surface area contributed by atoms with Gasteiger partial charge in [0.05, 0.1) is 30.3 Å². The van der Waals surface area contributed by atoms with E-state index in [1.54, 1.807) is 6.07 Å². The SMILES string of the molecule is COCCS(=O)(=O)n1cc(-c2nccc(N)n2)cn1. The summed E-state index contributed by atoms with van der Waals surface area (Å²) in [6.45, 7) is 0.103. The quantitative estimate of drug-likeness (QED) is 0.804. The molecule has 2 aromatic rings. The van der Waals surface area contributed by atoms with Gasteiger partial charge in [-0.1, -0.05) is 0 Å². The standard InChI is InChI=1S/C10H13N5O3S/c1-18-4-5-19(16,17)15-7-8(6-13-15)10-12-3-2-9(11)14-10/h2-3,6-7H,4-5H2,1H3,(H2,11,12,14). The molecule has 0 aliphatic heterocycles. The minimum atomic E-state index is -3.53. The molecule has 9 heteroatoms. The van der Waals surface area contributed by atoms with Crippen LogP contribution in [0.5, 0.6) is 0 Å². The summed E-state index contributed by atoms with van der Waals surface area (Å²) in [5.41, 5.74) is 6.02. The minimum absolute atomic E-state index is 0.103. The molecule has 0 aliphatic rings. The lowest BCUT2D eigenvalue weighted by molar-refractivity contribution is 0.217. The van der Waals surface area contributed by atoms with Crippen molar-refractivity contribution in [2.75, 3.05) is 25.2 Å². The Bertz CT molecular complexity index is 667. The number of nitrogens with two attached hydrogens (primary N) is 1. The lowest BCUT2D eigenvalue weighted by Gasteiger charge is -2.02. The van der Waals surface area contributed by atoms with Gasteiger partial charge in [-0.15, -0.1) is 0 Å². The molecular weight excluding hydrogens is 270 g/mol. The van der Waals surface area contributed by atoms with E-state index < -0.39 is 10.0 Å². The second-order valence-corrected chi connectivity index (χ2v) is 5.66. The Morgan fingerprint density at radius 3 is 2.95 bits per heavy atom. The molecule has 0 spiro atoms. The van der Waals surface area contributed by atoms with Crippen molar-refractivity contribution in [3.05, 3.63) is 24.7 Å². The van der Waals surface area contributed by atoms with Gasteiger partial charge in [-0.3, -0.25) is 0 Å². The monoisotopic (exact) mass is 283 g/mol. The maximum absolute atomic E-state index is 11.9. The fourth-order valence-corrected chi connectivity index (χ4v) is 2.40. The van der Waals surface area contributed by atoms with Gasteiger partial charge < -0.3 is 10.5 Å². The fourth-order valence-electron chi connectivity index (χ4n) is 1.37. The van der Waals surface area contributed by atoms with Crippen molar-refractivity contribution in [1.29, 1.82) is 0 Å². The van der Waals surface area contributed by atoms with Crippen LogP contribution in [0, 0.1) is 0 Å². The number of nitrogen functional groups attached to an aromatic ring is 1. The molecule has 2 aromatic heterocycles. The number of anilines is 1. The Labute approximate surface area is 110 Å². The molecule has 2 rings (SSSR count). The summed E-state index contributed by atoms with van der Waals surface area (Å²) in [7, 11) is -2.09. The van der Waals surface area contributed by atoms with E-state index in [2.05, 4.69) is 15.1 Å². The lowest BCUT2D eigenvalue weighted by Crippen LogP contribution is -2.19. The highest BCUT2D eigenvalue weighted by Crippen LogP contribution is 2.15. The average molecular weight is 283 g/mol. The predicted octanol–water partition coefficient (Wildman–Crippen LogP) is -0.253. The fraction of sp³-hybridized carbons (Fsp3) is 0.300. The molecule has 0 atom stereocenters. The van der Waals surface area contributed by atoms with Crippen LogP contribution in [-0.4, -0.2) is 47.0 Å². The normalized spacial score (nSPS) is 11.6. The van der Waals surface area contributed by atoms with Crippen molar-refractivity contribution in [3.8, 4) is 11.4 Å². The van der Waals surface area contributed by atoms with Crippen molar-refractivity contribution < 1.29 is 13.2 Å². The molecule has 19 heavy (non-hydrogen) atoms. The summed E-state index contributed by atoms with van der Waals surface area (Å²) in [4.78, 5) is 8.00. The molecule has 102 valence electrons. The highest BCUT2D eigenvalue weighted by molar-refractivity contribution is 7.89. The van der Waals surface area contributed by atoms with E-state index in [-0.39, 0.29) is 12.4 Å². The van der Waals surface area contributed by atoms with E-state index in [4.69, 9.17) is 10.5 Å². The molecule has 0 bridgehead atoms. The molecule has 0 amide bonds. The first kappa shape index (κ1) is 13.4. The van der Waals surface area contributed by atoms with Crippen LogP contribution in [0.15, 0.2) is 24.7 Å². The van der Waals surface area contributed by atoms with Crippen molar-refractivity contribution in [1.82, 2.24) is 19.2 Å². The van der Waals surface area contributed by atoms with Gasteiger partial charge in [-0.25, -0.2) is 18.4 Å². The highest BCUT2D eigenvalue weighted by atomic mass is 32.2. The first-order valence-corrected chi connectivity index (χ1v) is 6.99. The number of methoxy groups -OCH3 is 1. The molecule has 2 heterocycles. The molecule has 0 saturated carbocycles. The van der Waals surface area contributed by atoms with Gasteiger partial charge in [0, 0.05) is 13.3 Å². The van der Waals surface area contributed by atoms with E-state index in [0.717, 1.165) is 4.09 Å². The number of rotatable bonds is 5. The average Bonchev–Trinajstić information content (AvgIpc) is 2.87. The van der Waals surface area contributed by atoms with Gasteiger partial charge in [0.1, 0.15) is 5.82 Å². The summed E-state index contributed by atoms with van der Waals surface area (Å²) >= 11 is 0. The summed E-state index contributed by atoms with van der Waals surface area (Å²) in [6.07, 6.45) is 4.22. The molecule has 0 fully saturated rings. The van der Waals surface area contributed by atoms with Gasteiger partial charge >= 0.3 is 0 Å². The van der Waals surface area contributed by atoms with Gasteiger partial charge in [0.15, 0.2) is 5.82 Å². The van der Waals surface area contributed by atoms with Crippen molar-refractivity contribution >= 4 is 15.8 Å². The van der Waals surface area contributed by atoms with Crippen LogP contribution in [0.4, 0.5) is 5.82 Å².